The second-order valence-electron chi connectivity index (χ2n) is 8.31. The van der Waals surface area contributed by atoms with Crippen molar-refractivity contribution in [2.75, 3.05) is 12.4 Å². The Hall–Kier alpha value is -3.78. The molecule has 1 aliphatic rings. The summed E-state index contributed by atoms with van der Waals surface area (Å²) in [6, 6.07) is 12.8. The van der Waals surface area contributed by atoms with Crippen molar-refractivity contribution in [1.29, 1.82) is 0 Å². The van der Waals surface area contributed by atoms with E-state index in [1.165, 1.54) is 53.3 Å². The number of benzene rings is 2. The fraction of sp³-hybridized carbons (Fsp3) is 0.231. The molecule has 0 saturated carbocycles. The summed E-state index contributed by atoms with van der Waals surface area (Å²) in [6.45, 7) is -0.167. The summed E-state index contributed by atoms with van der Waals surface area (Å²) in [5.74, 6) is -0.811. The summed E-state index contributed by atoms with van der Waals surface area (Å²) in [7, 11) is 1.31. The molecule has 0 fully saturated rings. The predicted octanol–water partition coefficient (Wildman–Crippen LogP) is 4.43. The van der Waals surface area contributed by atoms with Gasteiger partial charge in [0.2, 0.25) is 5.91 Å². The fourth-order valence-electron chi connectivity index (χ4n) is 4.36. The predicted molar refractivity (Wildman–Crippen MR) is 132 cm³/mol. The van der Waals surface area contributed by atoms with E-state index >= 15 is 0 Å². The maximum atomic E-state index is 13.3. The molecule has 2 heterocycles. The van der Waals surface area contributed by atoms with Crippen LogP contribution in [0.15, 0.2) is 59.0 Å². The molecule has 1 amide bonds. The van der Waals surface area contributed by atoms with Crippen LogP contribution in [0.3, 0.4) is 0 Å². The summed E-state index contributed by atoms with van der Waals surface area (Å²) in [6.07, 6.45) is 6.00. The normalized spacial score (nSPS) is 12.9. The number of methoxy groups -OCH3 is 1. The van der Waals surface area contributed by atoms with Gasteiger partial charge in [-0.25, -0.2) is 9.78 Å². The largest absolute Gasteiger partial charge is 0.465 e. The number of aryl methyl sites for hydroxylation is 2. The van der Waals surface area contributed by atoms with Crippen LogP contribution in [0.2, 0.25) is 0 Å². The topological polar surface area (TPSA) is 90.3 Å². The van der Waals surface area contributed by atoms with E-state index in [9.17, 15) is 14.4 Å². The van der Waals surface area contributed by atoms with Gasteiger partial charge in [0.15, 0.2) is 0 Å². The second kappa shape index (κ2) is 9.23. The molecule has 7 nitrogen and oxygen atoms in total. The number of anilines is 1. The van der Waals surface area contributed by atoms with Crippen LogP contribution in [0.1, 0.15) is 34.3 Å². The first kappa shape index (κ1) is 22.0. The van der Waals surface area contributed by atoms with E-state index in [0.29, 0.717) is 21.5 Å². The number of nitrogens with zero attached hydrogens (tertiary/aromatic N) is 2. The maximum Gasteiger partial charge on any atom is 0.337 e. The van der Waals surface area contributed by atoms with E-state index in [-0.39, 0.29) is 18.0 Å². The Morgan fingerprint density at radius 3 is 2.62 bits per heavy atom. The van der Waals surface area contributed by atoms with Gasteiger partial charge in [0.25, 0.3) is 5.56 Å². The molecule has 2 aromatic heterocycles. The lowest BCUT2D eigenvalue weighted by molar-refractivity contribution is -0.116. The molecule has 0 atom stereocenters. The van der Waals surface area contributed by atoms with Crippen molar-refractivity contribution in [2.24, 2.45) is 0 Å². The Labute approximate surface area is 200 Å². The van der Waals surface area contributed by atoms with E-state index < -0.39 is 5.97 Å². The van der Waals surface area contributed by atoms with Gasteiger partial charge in [-0.15, -0.1) is 11.3 Å². The third-order valence-corrected chi connectivity index (χ3v) is 7.01. The smallest absolute Gasteiger partial charge is 0.337 e. The van der Waals surface area contributed by atoms with Crippen molar-refractivity contribution >= 4 is 39.1 Å². The van der Waals surface area contributed by atoms with Crippen molar-refractivity contribution in [1.82, 2.24) is 9.55 Å². The van der Waals surface area contributed by atoms with Gasteiger partial charge in [-0.1, -0.05) is 18.2 Å². The van der Waals surface area contributed by atoms with Crippen LogP contribution in [0.5, 0.6) is 0 Å². The molecular formula is C26H23N3O4S. The second-order valence-corrected chi connectivity index (χ2v) is 9.17. The third kappa shape index (κ3) is 4.24. The number of esters is 1. The van der Waals surface area contributed by atoms with Crippen LogP contribution in [0.25, 0.3) is 21.3 Å². The zero-order valence-electron chi connectivity index (χ0n) is 18.7. The van der Waals surface area contributed by atoms with Crippen LogP contribution in [0.4, 0.5) is 5.69 Å². The van der Waals surface area contributed by atoms with Crippen molar-refractivity contribution in [2.45, 2.75) is 32.2 Å². The molecule has 34 heavy (non-hydrogen) atoms. The highest BCUT2D eigenvalue weighted by atomic mass is 32.1. The van der Waals surface area contributed by atoms with Crippen molar-refractivity contribution in [3.05, 3.63) is 81.2 Å². The molecule has 0 bridgehead atoms. The van der Waals surface area contributed by atoms with Gasteiger partial charge in [0.1, 0.15) is 11.4 Å². The number of fused-ring (bicyclic) bond motifs is 2. The molecule has 4 aromatic rings. The van der Waals surface area contributed by atoms with Crippen molar-refractivity contribution in [3.8, 4) is 11.1 Å². The Bertz CT molecular complexity index is 1450. The lowest BCUT2D eigenvalue weighted by atomic mass is 9.89. The van der Waals surface area contributed by atoms with Crippen molar-refractivity contribution < 1.29 is 14.3 Å². The van der Waals surface area contributed by atoms with E-state index in [4.69, 9.17) is 0 Å². The average Bonchev–Trinajstić information content (AvgIpc) is 3.30. The molecule has 5 rings (SSSR count). The molecule has 8 heteroatoms. The zero-order chi connectivity index (χ0) is 23.7. The number of carbonyl (C=O) groups is 2. The first-order valence-corrected chi connectivity index (χ1v) is 12.0. The van der Waals surface area contributed by atoms with E-state index in [2.05, 4.69) is 33.2 Å². The Kier molecular flexibility index (Phi) is 5.98. The minimum Gasteiger partial charge on any atom is -0.465 e. The number of thiophene rings is 1. The Balaban J connectivity index is 1.39. The van der Waals surface area contributed by atoms with Crippen molar-refractivity contribution in [3.63, 3.8) is 0 Å². The number of hydrogen-bond donors (Lipinski definition) is 1. The lowest BCUT2D eigenvalue weighted by Crippen LogP contribution is -2.27. The van der Waals surface area contributed by atoms with Gasteiger partial charge < -0.3 is 10.1 Å². The van der Waals surface area contributed by atoms with Gasteiger partial charge in [0.05, 0.1) is 24.4 Å². The summed E-state index contributed by atoms with van der Waals surface area (Å²) in [5.41, 5.74) is 5.28. The van der Waals surface area contributed by atoms with Gasteiger partial charge in [-0.2, -0.15) is 0 Å². The number of amides is 1. The van der Waals surface area contributed by atoms with E-state index in [1.807, 2.05) is 5.38 Å². The SMILES string of the molecule is COC(=O)c1ccc(NC(=O)Cn2cnc3scc(-c4ccc5c(c4)CCCC5)c3c2=O)cc1. The van der Waals surface area contributed by atoms with Crippen LogP contribution in [-0.4, -0.2) is 28.5 Å². The van der Waals surface area contributed by atoms with Gasteiger partial charge in [-0.3, -0.25) is 14.2 Å². The average molecular weight is 474 g/mol. The standard InChI is InChI=1S/C26H23N3O4S/c1-33-26(32)17-8-10-20(11-9-17)28-22(30)13-29-15-27-24-23(25(29)31)21(14-34-24)19-7-6-16-4-2-3-5-18(16)12-19/h6-12,14-15H,2-5,13H2,1H3,(H,28,30). The molecule has 0 spiro atoms. The van der Waals surface area contributed by atoms with Gasteiger partial charge in [0, 0.05) is 16.6 Å². The van der Waals surface area contributed by atoms with Crippen LogP contribution >= 0.6 is 11.3 Å². The maximum absolute atomic E-state index is 13.3. The minimum absolute atomic E-state index is 0.167. The molecule has 0 radical (unpaired) electrons. The quantitative estimate of drug-likeness (QED) is 0.433. The molecule has 2 aromatic carbocycles. The molecule has 0 unspecified atom stereocenters. The lowest BCUT2D eigenvalue weighted by Gasteiger charge is -2.16. The molecule has 0 saturated heterocycles. The summed E-state index contributed by atoms with van der Waals surface area (Å²) in [4.78, 5) is 42.6. The summed E-state index contributed by atoms with van der Waals surface area (Å²) >= 11 is 1.43. The number of rotatable bonds is 5. The first-order valence-electron chi connectivity index (χ1n) is 11.1. The van der Waals surface area contributed by atoms with Crippen LogP contribution < -0.4 is 10.9 Å². The molecule has 1 N–H and O–H groups in total. The summed E-state index contributed by atoms with van der Waals surface area (Å²) in [5, 5.41) is 5.26. The number of ether oxygens (including phenoxy) is 1. The van der Waals surface area contributed by atoms with Gasteiger partial charge in [-0.05, 0) is 66.6 Å². The highest BCUT2D eigenvalue weighted by molar-refractivity contribution is 7.17. The van der Waals surface area contributed by atoms with Crippen LogP contribution in [0, 0.1) is 0 Å². The molecule has 1 aliphatic carbocycles. The van der Waals surface area contributed by atoms with E-state index in [1.54, 1.807) is 24.3 Å². The molecule has 0 aliphatic heterocycles. The van der Waals surface area contributed by atoms with E-state index in [0.717, 1.165) is 24.0 Å². The number of aromatic nitrogens is 2. The monoisotopic (exact) mass is 473 g/mol. The third-order valence-electron chi connectivity index (χ3n) is 6.12. The Morgan fingerprint density at radius 2 is 1.85 bits per heavy atom. The summed E-state index contributed by atoms with van der Waals surface area (Å²) < 4.78 is 6.00. The fourth-order valence-corrected chi connectivity index (χ4v) is 5.26. The van der Waals surface area contributed by atoms with Crippen LogP contribution in [-0.2, 0) is 28.9 Å². The number of hydrogen-bond acceptors (Lipinski definition) is 6. The zero-order valence-corrected chi connectivity index (χ0v) is 19.5. The highest BCUT2D eigenvalue weighted by Gasteiger charge is 2.17. The Morgan fingerprint density at radius 1 is 1.09 bits per heavy atom. The number of carbonyl (C=O) groups excluding carboxylic acids is 2. The molecular weight excluding hydrogens is 450 g/mol. The minimum atomic E-state index is -0.450. The first-order chi connectivity index (χ1) is 16.5. The van der Waals surface area contributed by atoms with Gasteiger partial charge >= 0.3 is 5.97 Å². The highest BCUT2D eigenvalue weighted by Crippen LogP contribution is 2.33. The molecule has 172 valence electrons. The number of nitrogens with one attached hydrogen (secondary N) is 1.